The highest BCUT2D eigenvalue weighted by Gasteiger charge is 2.55. The Balaban J connectivity index is 0.841. The molecule has 4 aromatic carbocycles. The van der Waals surface area contributed by atoms with Crippen LogP contribution in [0.1, 0.15) is 104 Å². The minimum atomic E-state index is -4.59. The number of methoxy groups -OCH3 is 1. The molecular weight excluding hydrogens is 945 g/mol. The lowest BCUT2D eigenvalue weighted by Gasteiger charge is -2.63. The molecule has 1 amide bonds. The molecule has 17 heteroatoms. The first-order valence-corrected chi connectivity index (χ1v) is 27.0. The molecule has 0 bridgehead atoms. The van der Waals surface area contributed by atoms with E-state index in [0.717, 1.165) is 93.4 Å². The van der Waals surface area contributed by atoms with Gasteiger partial charge in [-0.3, -0.25) is 24.7 Å². The van der Waals surface area contributed by atoms with Gasteiger partial charge in [0.25, 0.3) is 21.6 Å². The number of aromatic amines is 1. The number of carbonyl (C=O) groups excluding carboxylic acids is 1. The smallest absolute Gasteiger partial charge is 0.293 e. The number of rotatable bonds is 16. The van der Waals surface area contributed by atoms with E-state index in [9.17, 15) is 28.4 Å². The van der Waals surface area contributed by atoms with Gasteiger partial charge in [0.15, 0.2) is 0 Å². The first kappa shape index (κ1) is 50.0. The summed E-state index contributed by atoms with van der Waals surface area (Å²) < 4.78 is 41.9. The summed E-state index contributed by atoms with van der Waals surface area (Å²) in [5.41, 5.74) is 5.81. The zero-order chi connectivity index (χ0) is 51.2. The van der Waals surface area contributed by atoms with Crippen molar-refractivity contribution < 1.29 is 32.7 Å². The number of carbonyl (C=O) groups is 1. The standard InChI is InChI=1S/C56H66N8O8S/c1-36(2)45-8-6-7-9-46(45)50-33-61(32-39-11-10-37(3)51(24-39)71-5)22-23-63(50)42-28-56(29-42)34-62(35-56)41-12-14-47(52(26-41)72-43-25-40-18-21-57-53(40)59-31-43)54(65)60-73(69,70)44-13-15-48(49(27-44)64(67)68)58-30-38-16-19-55(4,66)20-17-38/h6-15,18,21,24-27,31,36,38,42,50,58,66H,16-17,19-20,22-23,28-30,32-35H2,1-5H3,(H,57,59)(H,60,65). The molecule has 73 heavy (non-hydrogen) atoms. The second kappa shape index (κ2) is 20.1. The van der Waals surface area contributed by atoms with Crippen molar-refractivity contribution in [2.24, 2.45) is 11.3 Å². The normalized spacial score (nSPS) is 21.4. The van der Waals surface area contributed by atoms with Gasteiger partial charge in [0, 0.05) is 92.7 Å². The van der Waals surface area contributed by atoms with Gasteiger partial charge in [-0.15, -0.1) is 0 Å². The van der Waals surface area contributed by atoms with Crippen LogP contribution in [-0.4, -0.2) is 102 Å². The molecule has 1 atom stereocenters. The Morgan fingerprint density at radius 3 is 2.52 bits per heavy atom. The number of nitro groups is 1. The SMILES string of the molecule is COc1cc(CN2CCN(C3CC4(C3)CN(c3ccc(C(=O)NS(=O)(=O)c5ccc(NCC6CCC(C)(O)CC6)c([N+](=O)[O-])c5)c(Oc5cnc6[nH]ccc6c5)c3)C4)C(c3ccccc3C(C)C)C2)ccc1C. The van der Waals surface area contributed by atoms with Crippen molar-refractivity contribution in [2.45, 2.75) is 101 Å². The molecule has 4 aliphatic rings. The summed E-state index contributed by atoms with van der Waals surface area (Å²) in [6.45, 7) is 14.3. The van der Waals surface area contributed by atoms with E-state index in [-0.39, 0.29) is 34.4 Å². The molecule has 384 valence electrons. The Kier molecular flexibility index (Phi) is 13.7. The number of aliphatic hydroxyl groups is 1. The fourth-order valence-corrected chi connectivity index (χ4v) is 12.7. The summed E-state index contributed by atoms with van der Waals surface area (Å²) >= 11 is 0. The summed E-state index contributed by atoms with van der Waals surface area (Å²) in [5.74, 6) is 1.05. The molecule has 1 unspecified atom stereocenters. The van der Waals surface area contributed by atoms with Crippen LogP contribution in [0, 0.1) is 28.4 Å². The molecule has 2 aromatic heterocycles. The van der Waals surface area contributed by atoms with Gasteiger partial charge in [-0.2, -0.15) is 0 Å². The lowest BCUT2D eigenvalue weighted by atomic mass is 9.59. The number of ether oxygens (including phenoxy) is 2. The number of nitrogens with zero attached hydrogens (tertiary/aromatic N) is 5. The highest BCUT2D eigenvalue weighted by molar-refractivity contribution is 7.90. The summed E-state index contributed by atoms with van der Waals surface area (Å²) in [4.78, 5) is 40.4. The van der Waals surface area contributed by atoms with Gasteiger partial charge in [-0.05, 0) is 129 Å². The molecule has 10 rings (SSSR count). The molecule has 1 spiro atoms. The number of pyridine rings is 1. The number of amides is 1. The zero-order valence-electron chi connectivity index (χ0n) is 42.3. The predicted molar refractivity (Wildman–Crippen MR) is 282 cm³/mol. The van der Waals surface area contributed by atoms with Gasteiger partial charge in [0.2, 0.25) is 0 Å². The molecule has 2 saturated heterocycles. The van der Waals surface area contributed by atoms with E-state index < -0.39 is 37.0 Å². The van der Waals surface area contributed by atoms with Crippen LogP contribution in [0.15, 0.2) is 108 Å². The Morgan fingerprint density at radius 2 is 1.77 bits per heavy atom. The number of benzene rings is 4. The van der Waals surface area contributed by atoms with Crippen molar-refractivity contribution in [2.75, 3.05) is 56.6 Å². The number of nitro benzene ring substituents is 1. The number of anilines is 2. The molecule has 6 aromatic rings. The molecule has 4 fully saturated rings. The van der Waals surface area contributed by atoms with Crippen LogP contribution >= 0.6 is 0 Å². The molecule has 4 heterocycles. The number of fused-ring (bicyclic) bond motifs is 1. The van der Waals surface area contributed by atoms with Gasteiger partial charge in [-0.1, -0.05) is 50.2 Å². The molecule has 0 radical (unpaired) electrons. The fourth-order valence-electron chi connectivity index (χ4n) is 11.7. The van der Waals surface area contributed by atoms with E-state index in [2.05, 4.69) is 97.9 Å². The van der Waals surface area contributed by atoms with Crippen LogP contribution in [0.5, 0.6) is 17.2 Å². The van der Waals surface area contributed by atoms with Crippen molar-refractivity contribution >= 4 is 44.0 Å². The number of hydrogen-bond acceptors (Lipinski definition) is 13. The lowest BCUT2D eigenvalue weighted by Crippen LogP contribution is -2.68. The number of piperazine rings is 1. The average Bonchev–Trinajstić information content (AvgIpc) is 3.82. The van der Waals surface area contributed by atoms with Crippen molar-refractivity contribution in [3.05, 3.63) is 141 Å². The van der Waals surface area contributed by atoms with E-state index in [1.54, 1.807) is 31.5 Å². The number of sulfonamides is 1. The van der Waals surface area contributed by atoms with E-state index in [1.165, 1.54) is 35.0 Å². The number of aromatic nitrogens is 2. The summed E-state index contributed by atoms with van der Waals surface area (Å²) in [7, 11) is -2.86. The summed E-state index contributed by atoms with van der Waals surface area (Å²) in [6.07, 6.45) is 8.23. The van der Waals surface area contributed by atoms with Gasteiger partial charge < -0.3 is 29.8 Å². The first-order chi connectivity index (χ1) is 34.9. The quantitative estimate of drug-likeness (QED) is 0.0529. The molecule has 2 aliphatic carbocycles. The Hall–Kier alpha value is -6.53. The van der Waals surface area contributed by atoms with Gasteiger partial charge >= 0.3 is 0 Å². The highest BCUT2D eigenvalue weighted by atomic mass is 32.2. The molecule has 16 nitrogen and oxygen atoms in total. The van der Waals surface area contributed by atoms with Crippen molar-refractivity contribution in [1.82, 2.24) is 24.5 Å². The average molecular weight is 1010 g/mol. The minimum absolute atomic E-state index is 0.0342. The van der Waals surface area contributed by atoms with Gasteiger partial charge in [-0.25, -0.2) is 18.1 Å². The van der Waals surface area contributed by atoms with Crippen LogP contribution in [0.4, 0.5) is 17.1 Å². The minimum Gasteiger partial charge on any atom is -0.496 e. The number of hydrogen-bond donors (Lipinski definition) is 4. The molecule has 2 saturated carbocycles. The van der Waals surface area contributed by atoms with Gasteiger partial charge in [0.05, 0.1) is 34.3 Å². The van der Waals surface area contributed by atoms with Gasteiger partial charge in [0.1, 0.15) is 28.6 Å². The second-order valence-electron chi connectivity index (χ2n) is 21.6. The Morgan fingerprint density at radius 1 is 0.986 bits per heavy atom. The van der Waals surface area contributed by atoms with Crippen LogP contribution in [0.25, 0.3) is 11.0 Å². The van der Waals surface area contributed by atoms with Crippen molar-refractivity contribution in [1.29, 1.82) is 0 Å². The third-order valence-electron chi connectivity index (χ3n) is 15.9. The highest BCUT2D eigenvalue weighted by Crippen LogP contribution is 2.54. The van der Waals surface area contributed by atoms with E-state index in [4.69, 9.17) is 9.47 Å². The van der Waals surface area contributed by atoms with Crippen LogP contribution in [-0.2, 0) is 16.6 Å². The Bertz CT molecular complexity index is 3130. The van der Waals surface area contributed by atoms with Crippen LogP contribution in [0.2, 0.25) is 0 Å². The second-order valence-corrected chi connectivity index (χ2v) is 23.2. The topological polar surface area (TPSA) is 195 Å². The lowest BCUT2D eigenvalue weighted by molar-refractivity contribution is -0.384. The largest absolute Gasteiger partial charge is 0.496 e. The number of H-pyrrole nitrogens is 1. The predicted octanol–water partition coefficient (Wildman–Crippen LogP) is 9.70. The summed E-state index contributed by atoms with van der Waals surface area (Å²) in [6, 6.07) is 28.5. The Labute approximate surface area is 427 Å². The van der Waals surface area contributed by atoms with E-state index in [1.807, 2.05) is 19.1 Å². The molecular formula is C56H66N8O8S. The maximum Gasteiger partial charge on any atom is 0.293 e. The fraction of sp³-hybridized carbons (Fsp3) is 0.429. The third-order valence-corrected chi connectivity index (χ3v) is 17.2. The maximum absolute atomic E-state index is 14.1. The van der Waals surface area contributed by atoms with Crippen molar-refractivity contribution in [3.8, 4) is 17.2 Å². The van der Waals surface area contributed by atoms with Crippen LogP contribution in [0.3, 0.4) is 0 Å². The first-order valence-electron chi connectivity index (χ1n) is 25.5. The number of aryl methyl sites for hydroxylation is 1. The third kappa shape index (κ3) is 10.6. The number of nitrogens with one attached hydrogen (secondary N) is 3. The monoisotopic (exact) mass is 1010 g/mol. The van der Waals surface area contributed by atoms with E-state index >= 15 is 0 Å². The van der Waals surface area contributed by atoms with Crippen molar-refractivity contribution in [3.63, 3.8) is 0 Å². The molecule has 4 N–H and O–H groups in total. The van der Waals surface area contributed by atoms with Crippen LogP contribution < -0.4 is 24.4 Å². The molecule has 2 aliphatic heterocycles. The van der Waals surface area contributed by atoms with E-state index in [0.29, 0.717) is 42.7 Å². The summed E-state index contributed by atoms with van der Waals surface area (Å²) in [5, 5.41) is 26.5. The maximum atomic E-state index is 14.1. The zero-order valence-corrected chi connectivity index (χ0v) is 43.1.